The molecule has 1 aliphatic rings. The lowest BCUT2D eigenvalue weighted by Gasteiger charge is -2.24. The molecule has 0 bridgehead atoms. The van der Waals surface area contributed by atoms with Gasteiger partial charge in [0.1, 0.15) is 18.5 Å². The third-order valence-electron chi connectivity index (χ3n) is 3.53. The normalized spacial score (nSPS) is 16.4. The second-order valence-corrected chi connectivity index (χ2v) is 5.74. The standard InChI is InChI=1S/C16H25NO3/c1-12-7-13(2)9-16(8-12)20-11-15(19)10-17(5-6-18)14-3-4-14/h7-9,14-15,18-19H,3-6,10-11H2,1-2H3. The molecule has 0 radical (unpaired) electrons. The molecule has 1 aromatic rings. The molecule has 1 aromatic carbocycles. The number of nitrogens with zero attached hydrogens (tertiary/aromatic N) is 1. The highest BCUT2D eigenvalue weighted by atomic mass is 16.5. The van der Waals surface area contributed by atoms with Gasteiger partial charge in [0.05, 0.1) is 6.61 Å². The van der Waals surface area contributed by atoms with Crippen molar-refractivity contribution >= 4 is 0 Å². The minimum absolute atomic E-state index is 0.140. The first-order valence-corrected chi connectivity index (χ1v) is 7.32. The first kappa shape index (κ1) is 15.3. The van der Waals surface area contributed by atoms with Gasteiger partial charge in [0.2, 0.25) is 0 Å². The second kappa shape index (κ2) is 7.07. The van der Waals surface area contributed by atoms with Crippen molar-refractivity contribution < 1.29 is 14.9 Å². The molecule has 0 saturated heterocycles. The van der Waals surface area contributed by atoms with Gasteiger partial charge in [-0.1, -0.05) is 6.07 Å². The minimum atomic E-state index is -0.525. The Balaban J connectivity index is 1.80. The summed E-state index contributed by atoms with van der Waals surface area (Å²) in [4.78, 5) is 2.15. The largest absolute Gasteiger partial charge is 0.491 e. The summed E-state index contributed by atoms with van der Waals surface area (Å²) in [7, 11) is 0. The highest BCUT2D eigenvalue weighted by Gasteiger charge is 2.29. The Bertz CT molecular complexity index is 411. The molecule has 0 spiro atoms. The van der Waals surface area contributed by atoms with Gasteiger partial charge in [0.15, 0.2) is 0 Å². The van der Waals surface area contributed by atoms with Crippen molar-refractivity contribution in [1.29, 1.82) is 0 Å². The van der Waals surface area contributed by atoms with Crippen LogP contribution in [0.5, 0.6) is 5.75 Å². The summed E-state index contributed by atoms with van der Waals surface area (Å²) in [5.41, 5.74) is 2.32. The molecule has 0 aromatic heterocycles. The first-order chi connectivity index (χ1) is 9.58. The summed E-state index contributed by atoms with van der Waals surface area (Å²) in [6.45, 7) is 5.69. The Labute approximate surface area is 121 Å². The van der Waals surface area contributed by atoms with Crippen LogP contribution in [0.4, 0.5) is 0 Å². The van der Waals surface area contributed by atoms with Gasteiger partial charge >= 0.3 is 0 Å². The van der Waals surface area contributed by atoms with Crippen molar-refractivity contribution in [1.82, 2.24) is 4.90 Å². The molecule has 1 fully saturated rings. The maximum Gasteiger partial charge on any atom is 0.119 e. The van der Waals surface area contributed by atoms with Crippen molar-refractivity contribution in [2.75, 3.05) is 26.3 Å². The van der Waals surface area contributed by atoms with E-state index < -0.39 is 6.10 Å². The molecule has 112 valence electrons. The maximum atomic E-state index is 10.1. The van der Waals surface area contributed by atoms with Crippen LogP contribution >= 0.6 is 0 Å². The molecule has 1 unspecified atom stereocenters. The Morgan fingerprint density at radius 3 is 2.45 bits per heavy atom. The van der Waals surface area contributed by atoms with Crippen LogP contribution in [0.2, 0.25) is 0 Å². The lowest BCUT2D eigenvalue weighted by Crippen LogP contribution is -2.38. The van der Waals surface area contributed by atoms with Crippen LogP contribution in [-0.2, 0) is 0 Å². The summed E-state index contributed by atoms with van der Waals surface area (Å²) in [6.07, 6.45) is 1.82. The van der Waals surface area contributed by atoms with Crippen LogP contribution in [0.3, 0.4) is 0 Å². The van der Waals surface area contributed by atoms with E-state index in [-0.39, 0.29) is 13.2 Å². The summed E-state index contributed by atoms with van der Waals surface area (Å²) in [5.74, 6) is 0.807. The van der Waals surface area contributed by atoms with Crippen molar-refractivity contribution in [3.8, 4) is 5.75 Å². The molecule has 4 nitrogen and oxygen atoms in total. The average molecular weight is 279 g/mol. The fourth-order valence-electron chi connectivity index (χ4n) is 2.52. The number of hydrogen-bond acceptors (Lipinski definition) is 4. The number of hydrogen-bond donors (Lipinski definition) is 2. The van der Waals surface area contributed by atoms with Crippen molar-refractivity contribution in [3.05, 3.63) is 29.3 Å². The molecule has 2 N–H and O–H groups in total. The van der Waals surface area contributed by atoms with Gasteiger partial charge < -0.3 is 14.9 Å². The van der Waals surface area contributed by atoms with E-state index in [2.05, 4.69) is 11.0 Å². The molecular formula is C16H25NO3. The Hall–Kier alpha value is -1.10. The lowest BCUT2D eigenvalue weighted by molar-refractivity contribution is 0.0587. The number of aliphatic hydroxyl groups is 2. The van der Waals surface area contributed by atoms with E-state index in [0.29, 0.717) is 19.1 Å². The van der Waals surface area contributed by atoms with Gasteiger partial charge in [-0.15, -0.1) is 0 Å². The lowest BCUT2D eigenvalue weighted by atomic mass is 10.1. The van der Waals surface area contributed by atoms with E-state index in [0.717, 1.165) is 16.9 Å². The summed E-state index contributed by atoms with van der Waals surface area (Å²) in [6, 6.07) is 6.59. The third-order valence-corrected chi connectivity index (χ3v) is 3.53. The zero-order chi connectivity index (χ0) is 14.5. The van der Waals surface area contributed by atoms with Crippen LogP contribution in [-0.4, -0.2) is 53.6 Å². The Morgan fingerprint density at radius 2 is 1.90 bits per heavy atom. The Morgan fingerprint density at radius 1 is 1.25 bits per heavy atom. The van der Waals surface area contributed by atoms with Crippen LogP contribution < -0.4 is 4.74 Å². The predicted molar refractivity (Wildman–Crippen MR) is 79.1 cm³/mol. The molecule has 4 heteroatoms. The number of aryl methyl sites for hydroxylation is 2. The van der Waals surface area contributed by atoms with E-state index in [4.69, 9.17) is 9.84 Å². The topological polar surface area (TPSA) is 52.9 Å². The van der Waals surface area contributed by atoms with Crippen LogP contribution in [0, 0.1) is 13.8 Å². The molecule has 1 aliphatic carbocycles. The zero-order valence-electron chi connectivity index (χ0n) is 12.4. The number of ether oxygens (including phenoxy) is 1. The van der Waals surface area contributed by atoms with Crippen molar-refractivity contribution in [2.24, 2.45) is 0 Å². The van der Waals surface area contributed by atoms with E-state index in [9.17, 15) is 5.11 Å². The highest BCUT2D eigenvalue weighted by Crippen LogP contribution is 2.26. The number of aliphatic hydroxyl groups excluding tert-OH is 2. The Kier molecular flexibility index (Phi) is 5.40. The van der Waals surface area contributed by atoms with Gasteiger partial charge in [-0.25, -0.2) is 0 Å². The molecular weight excluding hydrogens is 254 g/mol. The van der Waals surface area contributed by atoms with E-state index in [1.54, 1.807) is 0 Å². The van der Waals surface area contributed by atoms with Crippen LogP contribution in [0.1, 0.15) is 24.0 Å². The van der Waals surface area contributed by atoms with Gasteiger partial charge in [-0.05, 0) is 49.9 Å². The molecule has 20 heavy (non-hydrogen) atoms. The molecule has 0 amide bonds. The van der Waals surface area contributed by atoms with E-state index >= 15 is 0 Å². The molecule has 1 atom stereocenters. The smallest absolute Gasteiger partial charge is 0.119 e. The number of rotatable bonds is 8. The number of benzene rings is 1. The minimum Gasteiger partial charge on any atom is -0.491 e. The van der Waals surface area contributed by atoms with Crippen LogP contribution in [0.25, 0.3) is 0 Å². The summed E-state index contributed by atoms with van der Waals surface area (Å²) >= 11 is 0. The average Bonchev–Trinajstić information content (AvgIpc) is 3.19. The monoisotopic (exact) mass is 279 g/mol. The van der Waals surface area contributed by atoms with E-state index in [1.165, 1.54) is 12.8 Å². The van der Waals surface area contributed by atoms with Gasteiger partial charge in [0.25, 0.3) is 0 Å². The van der Waals surface area contributed by atoms with Gasteiger partial charge in [-0.3, -0.25) is 4.90 Å². The second-order valence-electron chi connectivity index (χ2n) is 5.74. The highest BCUT2D eigenvalue weighted by molar-refractivity contribution is 5.32. The third kappa shape index (κ3) is 4.78. The maximum absolute atomic E-state index is 10.1. The van der Waals surface area contributed by atoms with Crippen molar-refractivity contribution in [2.45, 2.75) is 38.8 Å². The van der Waals surface area contributed by atoms with E-state index in [1.807, 2.05) is 26.0 Å². The molecule has 0 heterocycles. The molecule has 2 rings (SSSR count). The van der Waals surface area contributed by atoms with Gasteiger partial charge in [0, 0.05) is 19.1 Å². The fourth-order valence-corrected chi connectivity index (χ4v) is 2.52. The summed E-state index contributed by atoms with van der Waals surface area (Å²) in [5, 5.41) is 19.1. The fraction of sp³-hybridized carbons (Fsp3) is 0.625. The predicted octanol–water partition coefficient (Wildman–Crippen LogP) is 1.50. The van der Waals surface area contributed by atoms with Crippen LogP contribution in [0.15, 0.2) is 18.2 Å². The zero-order valence-corrected chi connectivity index (χ0v) is 12.4. The summed E-state index contributed by atoms with van der Waals surface area (Å²) < 4.78 is 5.67. The quantitative estimate of drug-likeness (QED) is 0.757. The molecule has 1 saturated carbocycles. The SMILES string of the molecule is Cc1cc(C)cc(OCC(O)CN(CCO)C2CC2)c1. The van der Waals surface area contributed by atoms with Gasteiger partial charge in [-0.2, -0.15) is 0 Å². The molecule has 0 aliphatic heterocycles. The first-order valence-electron chi connectivity index (χ1n) is 7.32. The van der Waals surface area contributed by atoms with Crippen molar-refractivity contribution in [3.63, 3.8) is 0 Å².